The lowest BCUT2D eigenvalue weighted by molar-refractivity contribution is -0.364. The van der Waals surface area contributed by atoms with Crippen LogP contribution in [-0.4, -0.2) is 92.5 Å². The summed E-state index contributed by atoms with van der Waals surface area (Å²) in [5.41, 5.74) is 2.01. The van der Waals surface area contributed by atoms with E-state index in [1.165, 1.54) is 14.2 Å². The monoisotopic (exact) mass is 588 g/mol. The van der Waals surface area contributed by atoms with Crippen LogP contribution in [0.3, 0.4) is 0 Å². The maximum Gasteiger partial charge on any atom is 0.310 e. The average Bonchev–Trinajstić information content (AvgIpc) is 3.61. The summed E-state index contributed by atoms with van der Waals surface area (Å²) in [5, 5.41) is 32.5. The summed E-state index contributed by atoms with van der Waals surface area (Å²) >= 11 is 0. The summed E-state index contributed by atoms with van der Waals surface area (Å²) in [5.74, 6) is -1.02. The highest BCUT2D eigenvalue weighted by Crippen LogP contribution is 2.57. The van der Waals surface area contributed by atoms with Gasteiger partial charge >= 0.3 is 5.97 Å². The van der Waals surface area contributed by atoms with Crippen molar-refractivity contribution in [2.75, 3.05) is 34.2 Å². The molecule has 0 radical (unpaired) electrons. The number of aromatic hydroxyl groups is 1. The lowest BCUT2D eigenvalue weighted by Crippen LogP contribution is -2.63. The number of fused-ring (bicyclic) bond motifs is 4. The number of aliphatic hydroxyl groups excluding tert-OH is 2. The lowest BCUT2D eigenvalue weighted by atomic mass is 9.66. The minimum absolute atomic E-state index is 0.0301. The maximum atomic E-state index is 13.4. The van der Waals surface area contributed by atoms with E-state index in [-0.39, 0.29) is 37.3 Å². The van der Waals surface area contributed by atoms with E-state index in [0.717, 1.165) is 0 Å². The van der Waals surface area contributed by atoms with Crippen LogP contribution in [0.15, 0.2) is 24.3 Å². The van der Waals surface area contributed by atoms with Crippen LogP contribution in [0.1, 0.15) is 35.6 Å². The Balaban J connectivity index is 1.32. The van der Waals surface area contributed by atoms with Gasteiger partial charge in [0, 0.05) is 11.8 Å². The number of carbonyl (C=O) groups is 1. The third-order valence-electron chi connectivity index (χ3n) is 8.75. The zero-order valence-electron chi connectivity index (χ0n) is 23.1. The van der Waals surface area contributed by atoms with E-state index in [4.69, 9.17) is 42.6 Å². The van der Waals surface area contributed by atoms with Crippen LogP contribution in [0.5, 0.6) is 28.7 Å². The molecule has 1 aliphatic carbocycles. The van der Waals surface area contributed by atoms with Crippen molar-refractivity contribution >= 4 is 5.97 Å². The zero-order chi connectivity index (χ0) is 29.3. The third kappa shape index (κ3) is 4.26. The van der Waals surface area contributed by atoms with Crippen molar-refractivity contribution in [2.24, 2.45) is 11.8 Å². The van der Waals surface area contributed by atoms with Crippen LogP contribution in [0, 0.1) is 11.8 Å². The van der Waals surface area contributed by atoms with Crippen molar-refractivity contribution in [1.29, 1.82) is 0 Å². The normalized spacial score (nSPS) is 36.5. The van der Waals surface area contributed by atoms with Crippen LogP contribution in [0.4, 0.5) is 0 Å². The van der Waals surface area contributed by atoms with E-state index >= 15 is 0 Å². The van der Waals surface area contributed by atoms with Crippen LogP contribution >= 0.6 is 0 Å². The predicted octanol–water partition coefficient (Wildman–Crippen LogP) is 1.34. The molecule has 13 nitrogen and oxygen atoms in total. The Morgan fingerprint density at radius 3 is 2.26 bits per heavy atom. The van der Waals surface area contributed by atoms with Crippen LogP contribution in [-0.2, 0) is 28.5 Å². The van der Waals surface area contributed by atoms with Gasteiger partial charge < -0.3 is 58.0 Å². The number of phenolic OH excluding ortho intramolecular Hbond substituents is 1. The Bertz CT molecular complexity index is 1350. The molecule has 3 N–H and O–H groups in total. The summed E-state index contributed by atoms with van der Waals surface area (Å²) in [7, 11) is 2.86. The van der Waals surface area contributed by atoms with E-state index in [1.54, 1.807) is 31.2 Å². The van der Waals surface area contributed by atoms with Crippen LogP contribution < -0.4 is 18.9 Å². The molecule has 3 saturated heterocycles. The van der Waals surface area contributed by atoms with Gasteiger partial charge in [0.25, 0.3) is 0 Å². The molecule has 0 unspecified atom stereocenters. The number of hydrogen-bond acceptors (Lipinski definition) is 13. The van der Waals surface area contributed by atoms with Gasteiger partial charge in [-0.05, 0) is 47.9 Å². The van der Waals surface area contributed by atoms with Gasteiger partial charge in [-0.25, -0.2) is 0 Å². The second-order valence-corrected chi connectivity index (χ2v) is 11.0. The molecule has 7 rings (SSSR count). The molecule has 42 heavy (non-hydrogen) atoms. The van der Waals surface area contributed by atoms with Gasteiger partial charge in [0.1, 0.15) is 24.4 Å². The number of hydrogen-bond donors (Lipinski definition) is 3. The Labute approximate surface area is 240 Å². The van der Waals surface area contributed by atoms with Gasteiger partial charge in [-0.2, -0.15) is 0 Å². The molecular formula is C29H32O13. The zero-order valence-corrected chi connectivity index (χ0v) is 23.1. The van der Waals surface area contributed by atoms with E-state index < -0.39 is 66.8 Å². The van der Waals surface area contributed by atoms with Crippen LogP contribution in [0.2, 0.25) is 0 Å². The van der Waals surface area contributed by atoms with Crippen molar-refractivity contribution in [3.8, 4) is 28.7 Å². The second kappa shape index (κ2) is 10.4. The van der Waals surface area contributed by atoms with E-state index in [2.05, 4.69) is 0 Å². The number of ether oxygens (including phenoxy) is 9. The molecule has 0 amide bonds. The highest BCUT2D eigenvalue weighted by molar-refractivity contribution is 5.79. The minimum atomic E-state index is -1.44. The summed E-state index contributed by atoms with van der Waals surface area (Å²) in [6.45, 7) is 1.93. The molecule has 10 atom stereocenters. The fraction of sp³-hybridized carbons (Fsp3) is 0.552. The second-order valence-electron chi connectivity index (χ2n) is 11.0. The molecule has 2 aromatic rings. The topological polar surface area (TPSA) is 161 Å². The quantitative estimate of drug-likeness (QED) is 0.430. The number of aliphatic hydroxyl groups is 2. The van der Waals surface area contributed by atoms with Gasteiger partial charge in [-0.3, -0.25) is 4.79 Å². The number of phenols is 1. The fourth-order valence-electron chi connectivity index (χ4n) is 6.74. The number of rotatable bonds is 5. The van der Waals surface area contributed by atoms with Crippen molar-refractivity contribution in [1.82, 2.24) is 0 Å². The van der Waals surface area contributed by atoms with E-state index in [1.807, 2.05) is 0 Å². The lowest BCUT2D eigenvalue weighted by Gasteiger charge is -2.47. The molecule has 0 spiro atoms. The Hall–Kier alpha value is -3.33. The first-order chi connectivity index (χ1) is 20.3. The SMILES string of the molecule is COc1cc([C@@H]2c3cc4c(cc3[C@H](O[C@H]3O[C@H]5CO[C@H](C)O[C@H]5[C@H](O)[C@H]3O)[C@H]3COC(=O)[C@@H]23)OCO4)cc(OC)c1O. The molecule has 5 aliphatic rings. The number of methoxy groups -OCH3 is 2. The molecule has 4 heterocycles. The molecule has 0 aromatic heterocycles. The van der Waals surface area contributed by atoms with Crippen molar-refractivity contribution < 1.29 is 62.7 Å². The molecule has 226 valence electrons. The van der Waals surface area contributed by atoms with Crippen molar-refractivity contribution in [3.63, 3.8) is 0 Å². The summed E-state index contributed by atoms with van der Waals surface area (Å²) in [6, 6.07) is 6.93. The number of benzene rings is 2. The fourth-order valence-corrected chi connectivity index (χ4v) is 6.74. The smallest absolute Gasteiger partial charge is 0.310 e. The van der Waals surface area contributed by atoms with Crippen molar-refractivity contribution in [3.05, 3.63) is 41.0 Å². The maximum absolute atomic E-state index is 13.4. The average molecular weight is 589 g/mol. The highest BCUT2D eigenvalue weighted by atomic mass is 16.8. The highest BCUT2D eigenvalue weighted by Gasteiger charge is 2.56. The first kappa shape index (κ1) is 27.5. The molecular weight excluding hydrogens is 556 g/mol. The van der Waals surface area contributed by atoms with Gasteiger partial charge in [-0.15, -0.1) is 0 Å². The predicted molar refractivity (Wildman–Crippen MR) is 138 cm³/mol. The van der Waals surface area contributed by atoms with Gasteiger partial charge in [0.05, 0.1) is 39.5 Å². The number of cyclic esters (lactones) is 1. The Kier molecular flexibility index (Phi) is 6.83. The largest absolute Gasteiger partial charge is 0.502 e. The van der Waals surface area contributed by atoms with Crippen LogP contribution in [0.25, 0.3) is 0 Å². The number of esters is 1. The molecule has 3 fully saturated rings. The number of carbonyl (C=O) groups excluding carboxylic acids is 1. The molecule has 0 saturated carbocycles. The van der Waals surface area contributed by atoms with Gasteiger partial charge in [-0.1, -0.05) is 0 Å². The van der Waals surface area contributed by atoms with Gasteiger partial charge in [0.2, 0.25) is 12.5 Å². The summed E-state index contributed by atoms with van der Waals surface area (Å²) in [4.78, 5) is 13.4. The third-order valence-corrected chi connectivity index (χ3v) is 8.75. The standard InChI is InChI=1S/C29H32O13/c1-11-36-9-20-27(40-11)24(31)25(32)29(41-20)42-26-14-7-17-16(38-10-39-17)6-13(14)21(22-15(26)8-37-28(22)33)12-4-18(34-2)23(30)19(5-12)35-3/h4-7,11,15,20-22,24-27,29-32H,8-10H2,1-3H3/t11-,15-,20-,21+,22+,24+,25+,26-,27+,29+/m0/s1. The van der Waals surface area contributed by atoms with E-state index in [9.17, 15) is 20.1 Å². The summed E-state index contributed by atoms with van der Waals surface area (Å²) < 4.78 is 51.5. The summed E-state index contributed by atoms with van der Waals surface area (Å²) in [6.07, 6.45) is -6.80. The van der Waals surface area contributed by atoms with E-state index in [0.29, 0.717) is 28.2 Å². The molecule has 13 heteroatoms. The molecule has 4 aliphatic heterocycles. The Morgan fingerprint density at radius 1 is 0.881 bits per heavy atom. The Morgan fingerprint density at radius 2 is 1.57 bits per heavy atom. The van der Waals surface area contributed by atoms with Crippen molar-refractivity contribution in [2.45, 2.75) is 55.9 Å². The minimum Gasteiger partial charge on any atom is -0.502 e. The van der Waals surface area contributed by atoms with Gasteiger partial charge in [0.15, 0.2) is 35.6 Å². The molecule has 0 bridgehead atoms. The molecule has 2 aromatic carbocycles. The first-order valence-corrected chi connectivity index (χ1v) is 13.8. The first-order valence-electron chi connectivity index (χ1n) is 13.8.